The fourth-order valence-corrected chi connectivity index (χ4v) is 2.61. The quantitative estimate of drug-likeness (QED) is 0.832. The lowest BCUT2D eigenvalue weighted by molar-refractivity contribution is 0.319. The number of rotatable bonds is 2. The Balaban J connectivity index is 2.55. The van der Waals surface area contributed by atoms with E-state index in [-0.39, 0.29) is 5.82 Å². The molecular formula is C12H11BrFNO. The van der Waals surface area contributed by atoms with Crippen molar-refractivity contribution in [1.29, 1.82) is 5.26 Å². The molecule has 1 fully saturated rings. The smallest absolute Gasteiger partial charge is 0.141 e. The molecule has 0 aliphatic heterocycles. The Labute approximate surface area is 102 Å². The Morgan fingerprint density at radius 2 is 2.19 bits per heavy atom. The molecule has 1 aliphatic carbocycles. The molecule has 0 spiro atoms. The third kappa shape index (κ3) is 1.60. The van der Waals surface area contributed by atoms with E-state index in [1.807, 2.05) is 0 Å². The first-order chi connectivity index (χ1) is 7.63. The second-order valence-corrected chi connectivity index (χ2v) is 4.81. The molecule has 0 heterocycles. The van der Waals surface area contributed by atoms with E-state index in [9.17, 15) is 9.65 Å². The van der Waals surface area contributed by atoms with Crippen LogP contribution in [0.15, 0.2) is 16.6 Å². The number of ether oxygens (including phenoxy) is 1. The normalized spacial score (nSPS) is 17.4. The summed E-state index contributed by atoms with van der Waals surface area (Å²) in [6.45, 7) is 0. The maximum Gasteiger partial charge on any atom is 0.141 e. The van der Waals surface area contributed by atoms with Gasteiger partial charge in [-0.2, -0.15) is 5.26 Å². The highest BCUT2D eigenvalue weighted by molar-refractivity contribution is 9.10. The molecule has 0 amide bonds. The molecule has 0 radical (unpaired) electrons. The number of benzene rings is 1. The Morgan fingerprint density at radius 3 is 2.62 bits per heavy atom. The number of halogens is 2. The van der Waals surface area contributed by atoms with E-state index < -0.39 is 5.41 Å². The second kappa shape index (κ2) is 4.06. The van der Waals surface area contributed by atoms with Crippen LogP contribution < -0.4 is 4.74 Å². The minimum atomic E-state index is -0.534. The molecule has 0 bridgehead atoms. The summed E-state index contributed by atoms with van der Waals surface area (Å²) in [5, 5.41) is 9.23. The Hall–Kier alpha value is -1.08. The van der Waals surface area contributed by atoms with Gasteiger partial charge in [-0.3, -0.25) is 0 Å². The van der Waals surface area contributed by atoms with Crippen molar-refractivity contribution in [3.05, 3.63) is 28.0 Å². The van der Waals surface area contributed by atoms with Crippen LogP contribution in [0.3, 0.4) is 0 Å². The predicted octanol–water partition coefficient (Wildman–Crippen LogP) is 3.54. The summed E-state index contributed by atoms with van der Waals surface area (Å²) in [4.78, 5) is 0. The van der Waals surface area contributed by atoms with Gasteiger partial charge >= 0.3 is 0 Å². The van der Waals surface area contributed by atoms with E-state index in [0.29, 0.717) is 15.8 Å². The standard InChI is InChI=1S/C12H11BrFNO/c1-16-8-5-9(11(13)10(14)6-8)12(7-15)3-2-4-12/h5-6H,2-4H2,1H3. The zero-order valence-electron chi connectivity index (χ0n) is 8.89. The van der Waals surface area contributed by atoms with Gasteiger partial charge < -0.3 is 4.74 Å². The fourth-order valence-electron chi connectivity index (χ4n) is 2.00. The van der Waals surface area contributed by atoms with Crippen LogP contribution in [0.2, 0.25) is 0 Å². The molecule has 0 unspecified atom stereocenters. The summed E-state index contributed by atoms with van der Waals surface area (Å²) >= 11 is 3.21. The molecular weight excluding hydrogens is 273 g/mol. The topological polar surface area (TPSA) is 33.0 Å². The van der Waals surface area contributed by atoms with Gasteiger partial charge in [0, 0.05) is 6.07 Å². The van der Waals surface area contributed by atoms with Crippen LogP contribution in [0.1, 0.15) is 24.8 Å². The van der Waals surface area contributed by atoms with Crippen molar-refractivity contribution < 1.29 is 9.13 Å². The van der Waals surface area contributed by atoms with E-state index >= 15 is 0 Å². The zero-order chi connectivity index (χ0) is 11.8. The molecule has 0 atom stereocenters. The SMILES string of the molecule is COc1cc(F)c(Br)c(C2(C#N)CCC2)c1. The Bertz CT molecular complexity index is 463. The second-order valence-electron chi connectivity index (χ2n) is 4.02. The van der Waals surface area contributed by atoms with Crippen molar-refractivity contribution >= 4 is 15.9 Å². The molecule has 84 valence electrons. The van der Waals surface area contributed by atoms with Gasteiger partial charge in [-0.05, 0) is 46.8 Å². The van der Waals surface area contributed by atoms with Gasteiger partial charge in [0.25, 0.3) is 0 Å². The van der Waals surface area contributed by atoms with Gasteiger partial charge in [0.1, 0.15) is 11.6 Å². The molecule has 4 heteroatoms. The van der Waals surface area contributed by atoms with Crippen molar-refractivity contribution in [2.75, 3.05) is 7.11 Å². The number of hydrogen-bond acceptors (Lipinski definition) is 2. The fraction of sp³-hybridized carbons (Fsp3) is 0.417. The van der Waals surface area contributed by atoms with Crippen molar-refractivity contribution in [3.63, 3.8) is 0 Å². The van der Waals surface area contributed by atoms with Gasteiger partial charge in [0.05, 0.1) is 23.1 Å². The molecule has 2 rings (SSSR count). The minimum absolute atomic E-state index is 0.379. The monoisotopic (exact) mass is 283 g/mol. The highest BCUT2D eigenvalue weighted by Crippen LogP contribution is 2.47. The molecule has 1 saturated carbocycles. The molecule has 1 aromatic rings. The van der Waals surface area contributed by atoms with Gasteiger partial charge in [0.15, 0.2) is 0 Å². The van der Waals surface area contributed by atoms with E-state index in [1.54, 1.807) is 6.07 Å². The van der Waals surface area contributed by atoms with Crippen LogP contribution in [-0.2, 0) is 5.41 Å². The number of hydrogen-bond donors (Lipinski definition) is 0. The van der Waals surface area contributed by atoms with Crippen molar-refractivity contribution in [2.24, 2.45) is 0 Å². The average molecular weight is 284 g/mol. The van der Waals surface area contributed by atoms with Gasteiger partial charge in [-0.25, -0.2) is 4.39 Å². The molecule has 1 aromatic carbocycles. The van der Waals surface area contributed by atoms with Crippen LogP contribution in [-0.4, -0.2) is 7.11 Å². The van der Waals surface area contributed by atoms with Crippen LogP contribution >= 0.6 is 15.9 Å². The molecule has 0 aromatic heterocycles. The first kappa shape index (κ1) is 11.4. The Morgan fingerprint density at radius 1 is 1.50 bits per heavy atom. The lowest BCUT2D eigenvalue weighted by Crippen LogP contribution is -2.33. The van der Waals surface area contributed by atoms with E-state index in [2.05, 4.69) is 22.0 Å². The van der Waals surface area contributed by atoms with Crippen LogP contribution in [0.4, 0.5) is 4.39 Å². The molecule has 1 aliphatic rings. The minimum Gasteiger partial charge on any atom is -0.497 e. The van der Waals surface area contributed by atoms with Crippen LogP contribution in [0.5, 0.6) is 5.75 Å². The van der Waals surface area contributed by atoms with Crippen molar-refractivity contribution in [3.8, 4) is 11.8 Å². The molecule has 2 nitrogen and oxygen atoms in total. The number of nitriles is 1. The predicted molar refractivity (Wildman–Crippen MR) is 61.8 cm³/mol. The third-order valence-electron chi connectivity index (χ3n) is 3.17. The first-order valence-corrected chi connectivity index (χ1v) is 5.87. The molecule has 16 heavy (non-hydrogen) atoms. The van der Waals surface area contributed by atoms with Crippen LogP contribution in [0.25, 0.3) is 0 Å². The highest BCUT2D eigenvalue weighted by atomic mass is 79.9. The van der Waals surface area contributed by atoms with Gasteiger partial charge in [-0.1, -0.05) is 0 Å². The summed E-state index contributed by atoms with van der Waals surface area (Å²) in [5.41, 5.74) is 0.173. The van der Waals surface area contributed by atoms with Gasteiger partial charge in [0.2, 0.25) is 0 Å². The molecule has 0 saturated heterocycles. The van der Waals surface area contributed by atoms with E-state index in [4.69, 9.17) is 4.74 Å². The largest absolute Gasteiger partial charge is 0.497 e. The first-order valence-electron chi connectivity index (χ1n) is 5.08. The number of nitrogens with zero attached hydrogens (tertiary/aromatic N) is 1. The summed E-state index contributed by atoms with van der Waals surface area (Å²) < 4.78 is 19.0. The zero-order valence-corrected chi connectivity index (χ0v) is 10.5. The van der Waals surface area contributed by atoms with Gasteiger partial charge in [-0.15, -0.1) is 0 Å². The van der Waals surface area contributed by atoms with Crippen molar-refractivity contribution in [1.82, 2.24) is 0 Å². The third-order valence-corrected chi connectivity index (χ3v) is 3.98. The van der Waals surface area contributed by atoms with Crippen molar-refractivity contribution in [2.45, 2.75) is 24.7 Å². The maximum atomic E-state index is 13.6. The summed E-state index contributed by atoms with van der Waals surface area (Å²) in [5.74, 6) is 0.0769. The average Bonchev–Trinajstić information content (AvgIpc) is 2.23. The lowest BCUT2D eigenvalue weighted by Gasteiger charge is -2.36. The molecule has 0 N–H and O–H groups in total. The Kier molecular flexibility index (Phi) is 2.90. The van der Waals surface area contributed by atoms with E-state index in [0.717, 1.165) is 19.3 Å². The lowest BCUT2D eigenvalue weighted by atomic mass is 9.65. The summed E-state index contributed by atoms with van der Waals surface area (Å²) in [6.07, 6.45) is 2.59. The summed E-state index contributed by atoms with van der Waals surface area (Å²) in [7, 11) is 1.49. The van der Waals surface area contributed by atoms with E-state index in [1.165, 1.54) is 13.2 Å². The highest BCUT2D eigenvalue weighted by Gasteiger charge is 2.41. The van der Waals surface area contributed by atoms with Crippen LogP contribution in [0, 0.1) is 17.1 Å². The maximum absolute atomic E-state index is 13.6. The summed E-state index contributed by atoms with van der Waals surface area (Å²) in [6, 6.07) is 5.36. The number of methoxy groups -OCH3 is 1.